The van der Waals surface area contributed by atoms with Crippen molar-refractivity contribution < 1.29 is 14.3 Å². The predicted octanol–water partition coefficient (Wildman–Crippen LogP) is 2.54. The topological polar surface area (TPSA) is 83.0 Å². The van der Waals surface area contributed by atoms with Crippen molar-refractivity contribution in [2.24, 2.45) is 10.9 Å². The van der Waals surface area contributed by atoms with Crippen LogP contribution in [0.25, 0.3) is 0 Å². The third-order valence-electron chi connectivity index (χ3n) is 4.20. The largest absolute Gasteiger partial charge is 0.460 e. The van der Waals surface area contributed by atoms with Gasteiger partial charge in [0.1, 0.15) is 12.1 Å². The number of carbonyl (C=O) groups excluding carboxylic acids is 2. The van der Waals surface area contributed by atoms with Gasteiger partial charge in [0.25, 0.3) is 0 Å². The van der Waals surface area contributed by atoms with Gasteiger partial charge in [0.2, 0.25) is 5.91 Å². The summed E-state index contributed by atoms with van der Waals surface area (Å²) in [6.45, 7) is 6.90. The number of nitrogens with one attached hydrogen (secondary N) is 2. The highest BCUT2D eigenvalue weighted by Gasteiger charge is 2.17. The van der Waals surface area contributed by atoms with E-state index in [2.05, 4.69) is 15.6 Å². The first-order valence-electron chi connectivity index (χ1n) is 9.61. The van der Waals surface area contributed by atoms with E-state index >= 15 is 0 Å². The molecule has 0 radical (unpaired) electrons. The highest BCUT2D eigenvalue weighted by atomic mass is 127. The number of hydrogen-bond acceptors (Lipinski definition) is 4. The number of hydrogen-bond donors (Lipinski definition) is 2. The van der Waals surface area contributed by atoms with E-state index in [4.69, 9.17) is 4.74 Å². The van der Waals surface area contributed by atoms with E-state index < -0.39 is 5.60 Å². The lowest BCUT2D eigenvalue weighted by Crippen LogP contribution is -2.42. The van der Waals surface area contributed by atoms with Gasteiger partial charge in [-0.2, -0.15) is 0 Å². The first-order chi connectivity index (χ1) is 12.2. The standard InChI is InChI=1S/C19H36N4O3.HI/c1-19(2,3)26-17(25)11-12-20-18(22-14-16(24)23(4)5)21-13-15-9-7-6-8-10-15;/h15H,6-14H2,1-5H3,(H2,20,21,22);1H. The fourth-order valence-electron chi connectivity index (χ4n) is 2.77. The van der Waals surface area contributed by atoms with Gasteiger partial charge in [-0.15, -0.1) is 24.0 Å². The van der Waals surface area contributed by atoms with Crippen LogP contribution in [0, 0.1) is 5.92 Å². The van der Waals surface area contributed by atoms with E-state index in [-0.39, 0.29) is 48.8 Å². The van der Waals surface area contributed by atoms with Crippen molar-refractivity contribution in [3.63, 3.8) is 0 Å². The second-order valence-electron chi connectivity index (χ2n) is 8.10. The molecular weight excluding hydrogens is 459 g/mol. The molecule has 1 fully saturated rings. The smallest absolute Gasteiger partial charge is 0.308 e. The average Bonchev–Trinajstić information content (AvgIpc) is 2.55. The zero-order valence-electron chi connectivity index (χ0n) is 17.5. The van der Waals surface area contributed by atoms with Gasteiger partial charge in [0.05, 0.1) is 6.42 Å². The van der Waals surface area contributed by atoms with Gasteiger partial charge >= 0.3 is 5.97 Å². The molecule has 0 aromatic carbocycles. The quantitative estimate of drug-likeness (QED) is 0.245. The SMILES string of the molecule is CN(C)C(=O)CN=C(NCCC(=O)OC(C)(C)C)NCC1CCCCC1.I. The molecule has 0 heterocycles. The molecule has 0 spiro atoms. The van der Waals surface area contributed by atoms with Crippen LogP contribution in [0.1, 0.15) is 59.3 Å². The molecule has 0 aliphatic heterocycles. The number of halogens is 1. The van der Waals surface area contributed by atoms with Crippen LogP contribution in [0.3, 0.4) is 0 Å². The third-order valence-corrected chi connectivity index (χ3v) is 4.20. The highest BCUT2D eigenvalue weighted by Crippen LogP contribution is 2.22. The summed E-state index contributed by atoms with van der Waals surface area (Å²) in [4.78, 5) is 29.5. The van der Waals surface area contributed by atoms with Crippen molar-refractivity contribution in [3.05, 3.63) is 0 Å². The van der Waals surface area contributed by atoms with Crippen LogP contribution in [0.2, 0.25) is 0 Å². The number of carbonyl (C=O) groups is 2. The minimum absolute atomic E-state index is 0. The fourth-order valence-corrected chi connectivity index (χ4v) is 2.77. The van der Waals surface area contributed by atoms with Crippen molar-refractivity contribution in [1.82, 2.24) is 15.5 Å². The Labute approximate surface area is 181 Å². The Morgan fingerprint density at radius 1 is 1.11 bits per heavy atom. The van der Waals surface area contributed by atoms with Crippen LogP contribution in [-0.2, 0) is 14.3 Å². The van der Waals surface area contributed by atoms with Gasteiger partial charge in [0.15, 0.2) is 5.96 Å². The summed E-state index contributed by atoms with van der Waals surface area (Å²) in [7, 11) is 3.42. The fraction of sp³-hybridized carbons (Fsp3) is 0.842. The third kappa shape index (κ3) is 12.9. The number of esters is 1. The molecule has 0 atom stereocenters. The maximum atomic E-state index is 11.8. The summed E-state index contributed by atoms with van der Waals surface area (Å²) in [5, 5.41) is 6.46. The molecule has 1 saturated carbocycles. The summed E-state index contributed by atoms with van der Waals surface area (Å²) < 4.78 is 5.30. The maximum absolute atomic E-state index is 11.8. The Balaban J connectivity index is 0.00000676. The number of rotatable bonds is 7. The van der Waals surface area contributed by atoms with Gasteiger partial charge in [-0.25, -0.2) is 4.99 Å². The number of nitrogens with zero attached hydrogens (tertiary/aromatic N) is 2. The molecule has 0 unspecified atom stereocenters. The van der Waals surface area contributed by atoms with E-state index in [1.165, 1.54) is 37.0 Å². The van der Waals surface area contributed by atoms with Crippen LogP contribution >= 0.6 is 24.0 Å². The zero-order valence-corrected chi connectivity index (χ0v) is 19.8. The van der Waals surface area contributed by atoms with E-state index in [0.29, 0.717) is 18.4 Å². The molecule has 1 aliphatic rings. The van der Waals surface area contributed by atoms with Crippen LogP contribution in [0.15, 0.2) is 4.99 Å². The molecule has 158 valence electrons. The Hall–Kier alpha value is -1.06. The molecule has 27 heavy (non-hydrogen) atoms. The Morgan fingerprint density at radius 3 is 2.30 bits per heavy atom. The van der Waals surface area contributed by atoms with Crippen LogP contribution in [0.4, 0.5) is 0 Å². The summed E-state index contributed by atoms with van der Waals surface area (Å²) in [5.74, 6) is 0.914. The highest BCUT2D eigenvalue weighted by molar-refractivity contribution is 14.0. The molecule has 1 rings (SSSR count). The van der Waals surface area contributed by atoms with Gasteiger partial charge in [-0.1, -0.05) is 19.3 Å². The summed E-state index contributed by atoms with van der Waals surface area (Å²) >= 11 is 0. The monoisotopic (exact) mass is 496 g/mol. The van der Waals surface area contributed by atoms with Crippen LogP contribution in [0.5, 0.6) is 0 Å². The molecular formula is C19H37IN4O3. The lowest BCUT2D eigenvalue weighted by Gasteiger charge is -2.23. The van der Waals surface area contributed by atoms with Crippen LogP contribution in [-0.4, -0.2) is 62.1 Å². The van der Waals surface area contributed by atoms with E-state index in [1.807, 2.05) is 20.8 Å². The van der Waals surface area contributed by atoms with Crippen molar-refractivity contribution in [3.8, 4) is 0 Å². The van der Waals surface area contributed by atoms with Gasteiger partial charge in [0, 0.05) is 27.2 Å². The predicted molar refractivity (Wildman–Crippen MR) is 119 cm³/mol. The normalized spacial score (nSPS) is 15.5. The molecule has 1 amide bonds. The van der Waals surface area contributed by atoms with Crippen LogP contribution < -0.4 is 10.6 Å². The second kappa shape index (κ2) is 13.2. The molecule has 7 nitrogen and oxygen atoms in total. The minimum Gasteiger partial charge on any atom is -0.460 e. The number of guanidine groups is 1. The number of likely N-dealkylation sites (N-methyl/N-ethyl adjacent to an activating group) is 1. The number of aliphatic imine (C=N–C) groups is 1. The minimum atomic E-state index is -0.481. The molecule has 8 heteroatoms. The summed E-state index contributed by atoms with van der Waals surface area (Å²) in [6, 6.07) is 0. The lowest BCUT2D eigenvalue weighted by atomic mass is 9.89. The average molecular weight is 496 g/mol. The van der Waals surface area contributed by atoms with Crippen molar-refractivity contribution in [1.29, 1.82) is 0 Å². The van der Waals surface area contributed by atoms with E-state index in [9.17, 15) is 9.59 Å². The zero-order chi connectivity index (χ0) is 19.6. The van der Waals surface area contributed by atoms with Gasteiger partial charge in [-0.05, 0) is 39.5 Å². The van der Waals surface area contributed by atoms with Gasteiger partial charge in [-0.3, -0.25) is 9.59 Å². The first kappa shape index (κ1) is 25.9. The first-order valence-corrected chi connectivity index (χ1v) is 9.61. The Bertz CT molecular complexity index is 484. The van der Waals surface area contributed by atoms with Gasteiger partial charge < -0.3 is 20.3 Å². The molecule has 0 bridgehead atoms. The summed E-state index contributed by atoms with van der Waals surface area (Å²) in [6.07, 6.45) is 6.60. The van der Waals surface area contributed by atoms with E-state index in [1.54, 1.807) is 14.1 Å². The number of amides is 1. The van der Waals surface area contributed by atoms with Crippen molar-refractivity contribution in [2.45, 2.75) is 64.9 Å². The van der Waals surface area contributed by atoms with Crippen molar-refractivity contribution >= 4 is 41.8 Å². The lowest BCUT2D eigenvalue weighted by molar-refractivity contribution is -0.154. The maximum Gasteiger partial charge on any atom is 0.308 e. The molecule has 0 aromatic heterocycles. The van der Waals surface area contributed by atoms with Crippen molar-refractivity contribution in [2.75, 3.05) is 33.7 Å². The summed E-state index contributed by atoms with van der Waals surface area (Å²) in [5.41, 5.74) is -0.481. The second-order valence-corrected chi connectivity index (χ2v) is 8.10. The molecule has 0 aromatic rings. The Morgan fingerprint density at radius 2 is 1.74 bits per heavy atom. The van der Waals surface area contributed by atoms with E-state index in [0.717, 1.165) is 6.54 Å². The Kier molecular flexibility index (Phi) is 12.7. The molecule has 2 N–H and O–H groups in total. The molecule has 0 saturated heterocycles. The number of ether oxygens (including phenoxy) is 1. The molecule has 1 aliphatic carbocycles.